The molecule has 0 aliphatic carbocycles. The Morgan fingerprint density at radius 2 is 1.93 bits per heavy atom. The van der Waals surface area contributed by atoms with Crippen molar-refractivity contribution in [3.05, 3.63) is 58.7 Å². The summed E-state index contributed by atoms with van der Waals surface area (Å²) < 4.78 is 5.49. The maximum absolute atomic E-state index is 13.0. The summed E-state index contributed by atoms with van der Waals surface area (Å²) in [6.07, 6.45) is 1.47. The Balaban J connectivity index is 2.22. The third kappa shape index (κ3) is 3.91. The highest BCUT2D eigenvalue weighted by molar-refractivity contribution is 6.46. The number of aryl methyl sites for hydroxylation is 2. The number of ketones is 1. The number of hydrogen-bond donors (Lipinski definition) is 1. The topological polar surface area (TPSA) is 95.9 Å². The number of likely N-dealkylation sites (N-methyl/N-ethyl adjacent to an activating group) is 1. The van der Waals surface area contributed by atoms with Crippen molar-refractivity contribution in [1.29, 1.82) is 0 Å². The normalized spacial score (nSPS) is 18.3. The molecular formula is C22H26N4O4. The molecule has 1 saturated heterocycles. The Hall–Kier alpha value is -3.26. The molecule has 0 unspecified atom stereocenters. The molecule has 1 aliphatic rings. The average Bonchev–Trinajstić information content (AvgIpc) is 2.96. The van der Waals surface area contributed by atoms with E-state index in [0.717, 1.165) is 0 Å². The molecular weight excluding hydrogens is 384 g/mol. The predicted molar refractivity (Wildman–Crippen MR) is 112 cm³/mol. The van der Waals surface area contributed by atoms with E-state index in [2.05, 4.69) is 9.97 Å². The lowest BCUT2D eigenvalue weighted by Gasteiger charge is -2.27. The molecule has 8 heteroatoms. The van der Waals surface area contributed by atoms with Crippen LogP contribution in [0.1, 0.15) is 28.7 Å². The van der Waals surface area contributed by atoms with Crippen LogP contribution in [0.15, 0.2) is 36.0 Å². The summed E-state index contributed by atoms with van der Waals surface area (Å²) in [6.45, 7) is 4.35. The van der Waals surface area contributed by atoms with Gasteiger partial charge in [-0.3, -0.25) is 9.59 Å². The molecule has 2 aromatic rings. The smallest absolute Gasteiger partial charge is 0.295 e. The molecule has 1 N–H and O–H groups in total. The van der Waals surface area contributed by atoms with Crippen molar-refractivity contribution >= 4 is 17.4 Å². The van der Waals surface area contributed by atoms with E-state index >= 15 is 0 Å². The van der Waals surface area contributed by atoms with E-state index in [1.165, 1.54) is 18.2 Å². The highest BCUT2D eigenvalue weighted by atomic mass is 16.5. The maximum Gasteiger partial charge on any atom is 0.295 e. The number of Topliss-reactive ketones (excluding diaryl/α,β-unsaturated/α-hetero) is 1. The van der Waals surface area contributed by atoms with E-state index in [-0.39, 0.29) is 11.3 Å². The Bertz CT molecular complexity index is 1020. The number of likely N-dealkylation sites (tertiary alicyclic amines) is 1. The van der Waals surface area contributed by atoms with Crippen LogP contribution >= 0.6 is 0 Å². The molecule has 0 saturated carbocycles. The fourth-order valence-corrected chi connectivity index (χ4v) is 3.59. The number of aromatic nitrogens is 2. The van der Waals surface area contributed by atoms with Crippen molar-refractivity contribution in [2.45, 2.75) is 19.9 Å². The van der Waals surface area contributed by atoms with Crippen LogP contribution in [0.5, 0.6) is 5.75 Å². The van der Waals surface area contributed by atoms with Gasteiger partial charge in [0, 0.05) is 24.8 Å². The Morgan fingerprint density at radius 1 is 1.23 bits per heavy atom. The number of nitrogens with zero attached hydrogens (tertiary/aromatic N) is 4. The van der Waals surface area contributed by atoms with E-state index in [0.29, 0.717) is 41.5 Å². The van der Waals surface area contributed by atoms with Gasteiger partial charge in [-0.1, -0.05) is 18.2 Å². The number of rotatable bonds is 6. The fourth-order valence-electron chi connectivity index (χ4n) is 3.59. The lowest BCUT2D eigenvalue weighted by Crippen LogP contribution is -2.35. The molecule has 8 nitrogen and oxygen atoms in total. The molecule has 1 aliphatic heterocycles. The summed E-state index contributed by atoms with van der Waals surface area (Å²) >= 11 is 0. The molecule has 1 aromatic carbocycles. The van der Waals surface area contributed by atoms with Crippen LogP contribution in [0.4, 0.5) is 0 Å². The number of para-hydroxylation sites is 1. The lowest BCUT2D eigenvalue weighted by atomic mass is 9.94. The van der Waals surface area contributed by atoms with Crippen molar-refractivity contribution < 1.29 is 19.4 Å². The number of aliphatic hydroxyl groups is 1. The van der Waals surface area contributed by atoms with Crippen molar-refractivity contribution in [2.24, 2.45) is 0 Å². The van der Waals surface area contributed by atoms with Gasteiger partial charge in [-0.05, 0) is 34.0 Å². The molecule has 0 radical (unpaired) electrons. The molecule has 1 atom stereocenters. The molecule has 0 spiro atoms. The Labute approximate surface area is 175 Å². The van der Waals surface area contributed by atoms with Crippen LogP contribution in [0.2, 0.25) is 0 Å². The molecule has 0 bridgehead atoms. The molecule has 1 fully saturated rings. The highest BCUT2D eigenvalue weighted by Gasteiger charge is 2.47. The van der Waals surface area contributed by atoms with E-state index < -0.39 is 17.7 Å². The van der Waals surface area contributed by atoms with Crippen LogP contribution < -0.4 is 4.74 Å². The number of amides is 1. The minimum Gasteiger partial charge on any atom is -0.507 e. The zero-order valence-corrected chi connectivity index (χ0v) is 17.8. The first kappa shape index (κ1) is 21.4. The van der Waals surface area contributed by atoms with Gasteiger partial charge < -0.3 is 19.6 Å². The molecule has 1 amide bonds. The van der Waals surface area contributed by atoms with Gasteiger partial charge in [0.2, 0.25) is 0 Å². The number of benzene rings is 1. The number of carbonyl (C=O) groups is 2. The number of aliphatic hydroxyl groups excluding tert-OH is 1. The van der Waals surface area contributed by atoms with Crippen LogP contribution in [0, 0.1) is 13.8 Å². The molecule has 3 rings (SSSR count). The molecule has 30 heavy (non-hydrogen) atoms. The maximum atomic E-state index is 13.0. The second-order valence-corrected chi connectivity index (χ2v) is 7.45. The van der Waals surface area contributed by atoms with Crippen molar-refractivity contribution in [3.63, 3.8) is 0 Å². The third-order valence-electron chi connectivity index (χ3n) is 5.12. The minimum atomic E-state index is -0.776. The Kier molecular flexibility index (Phi) is 6.17. The van der Waals surface area contributed by atoms with Gasteiger partial charge in [0.25, 0.3) is 11.7 Å². The van der Waals surface area contributed by atoms with Crippen LogP contribution in [0.25, 0.3) is 5.76 Å². The lowest BCUT2D eigenvalue weighted by molar-refractivity contribution is -0.140. The van der Waals surface area contributed by atoms with Crippen molar-refractivity contribution in [1.82, 2.24) is 19.8 Å². The van der Waals surface area contributed by atoms with Crippen molar-refractivity contribution in [2.75, 3.05) is 34.3 Å². The molecule has 1 aromatic heterocycles. The quantitative estimate of drug-likeness (QED) is 0.442. The van der Waals surface area contributed by atoms with E-state index in [1.54, 1.807) is 26.0 Å². The highest BCUT2D eigenvalue weighted by Crippen LogP contribution is 2.42. The molecule has 158 valence electrons. The summed E-state index contributed by atoms with van der Waals surface area (Å²) in [5.74, 6) is -0.588. The second kappa shape index (κ2) is 8.62. The summed E-state index contributed by atoms with van der Waals surface area (Å²) in [4.78, 5) is 37.8. The van der Waals surface area contributed by atoms with Gasteiger partial charge in [0.1, 0.15) is 17.3 Å². The fraction of sp³-hybridized carbons (Fsp3) is 0.364. The zero-order chi connectivity index (χ0) is 22.0. The SMILES string of the molecule is COc1ccccc1[C@H]1C(=C(O)c2cnc(C)nc2C)C(=O)C(=O)N1CCN(C)C. The largest absolute Gasteiger partial charge is 0.507 e. The minimum absolute atomic E-state index is 0.0128. The summed E-state index contributed by atoms with van der Waals surface area (Å²) in [5.41, 5.74) is 1.49. The second-order valence-electron chi connectivity index (χ2n) is 7.45. The number of ether oxygens (including phenoxy) is 1. The monoisotopic (exact) mass is 410 g/mol. The van der Waals surface area contributed by atoms with Gasteiger partial charge >= 0.3 is 0 Å². The van der Waals surface area contributed by atoms with Gasteiger partial charge in [0.05, 0.1) is 30.0 Å². The van der Waals surface area contributed by atoms with Crippen LogP contribution in [0.3, 0.4) is 0 Å². The van der Waals surface area contributed by atoms with Gasteiger partial charge in [0.15, 0.2) is 0 Å². The molecule has 2 heterocycles. The number of methoxy groups -OCH3 is 1. The summed E-state index contributed by atoms with van der Waals surface area (Å²) in [5, 5.41) is 11.1. The van der Waals surface area contributed by atoms with Crippen LogP contribution in [-0.4, -0.2) is 70.9 Å². The van der Waals surface area contributed by atoms with E-state index in [1.807, 2.05) is 31.1 Å². The first-order valence-electron chi connectivity index (χ1n) is 9.63. The predicted octanol–water partition coefficient (Wildman–Crippen LogP) is 2.09. The van der Waals surface area contributed by atoms with Crippen molar-refractivity contribution in [3.8, 4) is 5.75 Å². The number of carbonyl (C=O) groups excluding carboxylic acids is 2. The summed E-state index contributed by atoms with van der Waals surface area (Å²) in [7, 11) is 5.31. The third-order valence-corrected chi connectivity index (χ3v) is 5.12. The zero-order valence-electron chi connectivity index (χ0n) is 17.8. The van der Waals surface area contributed by atoms with Gasteiger partial charge in [-0.2, -0.15) is 0 Å². The standard InChI is InChI=1S/C22H26N4O4/c1-13-16(12-23-14(2)24-13)20(27)18-19(15-8-6-7-9-17(15)30-5)26(11-10-25(3)4)22(29)21(18)28/h6-9,12,19,27H,10-11H2,1-5H3/t19-/m0/s1. The summed E-state index contributed by atoms with van der Waals surface area (Å²) in [6, 6.07) is 6.41. The first-order valence-corrected chi connectivity index (χ1v) is 9.63. The first-order chi connectivity index (χ1) is 14.3. The number of hydrogen-bond acceptors (Lipinski definition) is 7. The van der Waals surface area contributed by atoms with E-state index in [9.17, 15) is 14.7 Å². The average molecular weight is 410 g/mol. The Morgan fingerprint density at radius 3 is 2.57 bits per heavy atom. The van der Waals surface area contributed by atoms with E-state index in [4.69, 9.17) is 4.74 Å². The van der Waals surface area contributed by atoms with Gasteiger partial charge in [-0.15, -0.1) is 0 Å². The van der Waals surface area contributed by atoms with Gasteiger partial charge in [-0.25, -0.2) is 9.97 Å². The van der Waals surface area contributed by atoms with Crippen LogP contribution in [-0.2, 0) is 9.59 Å².